The number of methoxy groups -OCH3 is 3. The maximum absolute atomic E-state index is 12.3. The van der Waals surface area contributed by atoms with Crippen LogP contribution in [0.15, 0.2) is 40.8 Å². The van der Waals surface area contributed by atoms with Gasteiger partial charge >= 0.3 is 6.01 Å². The van der Waals surface area contributed by atoms with Gasteiger partial charge in [-0.25, -0.2) is 0 Å². The third-order valence-electron chi connectivity index (χ3n) is 4.13. The van der Waals surface area contributed by atoms with Gasteiger partial charge < -0.3 is 18.6 Å². The predicted octanol–water partition coefficient (Wildman–Crippen LogP) is 3.25. The number of anilines is 1. The zero-order valence-corrected chi connectivity index (χ0v) is 16.1. The first-order valence-electron chi connectivity index (χ1n) is 8.53. The number of carbonyl (C=O) groups is 1. The fourth-order valence-electron chi connectivity index (χ4n) is 2.76. The highest BCUT2D eigenvalue weighted by Gasteiger charge is 2.16. The van der Waals surface area contributed by atoms with E-state index in [9.17, 15) is 4.79 Å². The van der Waals surface area contributed by atoms with E-state index in [4.69, 9.17) is 18.6 Å². The second-order valence-corrected chi connectivity index (χ2v) is 6.01. The van der Waals surface area contributed by atoms with Gasteiger partial charge in [-0.15, -0.1) is 5.10 Å². The Labute approximate surface area is 162 Å². The van der Waals surface area contributed by atoms with Crippen molar-refractivity contribution in [2.75, 3.05) is 26.6 Å². The van der Waals surface area contributed by atoms with Crippen molar-refractivity contribution in [3.8, 4) is 28.7 Å². The van der Waals surface area contributed by atoms with Crippen LogP contribution >= 0.6 is 0 Å². The lowest BCUT2D eigenvalue weighted by Crippen LogP contribution is -2.14. The van der Waals surface area contributed by atoms with E-state index < -0.39 is 0 Å². The number of rotatable bonds is 7. The van der Waals surface area contributed by atoms with Crippen LogP contribution in [-0.4, -0.2) is 37.4 Å². The van der Waals surface area contributed by atoms with E-state index in [0.717, 1.165) is 16.9 Å². The molecule has 0 bridgehead atoms. The first-order valence-corrected chi connectivity index (χ1v) is 8.53. The average molecular weight is 383 g/mol. The molecule has 0 atom stereocenters. The van der Waals surface area contributed by atoms with Crippen molar-refractivity contribution in [1.29, 1.82) is 0 Å². The minimum absolute atomic E-state index is 0.00936. The highest BCUT2D eigenvalue weighted by molar-refractivity contribution is 5.90. The maximum atomic E-state index is 12.3. The SMILES string of the molecule is COc1ccc(OC)c(-c2nnc(NC(=O)Cc3ccc(OC)c(C)c3)o2)c1. The lowest BCUT2D eigenvalue weighted by Gasteiger charge is -2.07. The summed E-state index contributed by atoms with van der Waals surface area (Å²) in [6.07, 6.45) is 0.172. The summed E-state index contributed by atoms with van der Waals surface area (Å²) in [7, 11) is 4.71. The molecule has 146 valence electrons. The van der Waals surface area contributed by atoms with Crippen molar-refractivity contribution in [2.24, 2.45) is 0 Å². The molecule has 3 rings (SSSR count). The lowest BCUT2D eigenvalue weighted by atomic mass is 10.1. The summed E-state index contributed by atoms with van der Waals surface area (Å²) in [6, 6.07) is 10.8. The Kier molecular flexibility index (Phi) is 5.78. The van der Waals surface area contributed by atoms with Crippen LogP contribution in [0.25, 0.3) is 11.5 Å². The van der Waals surface area contributed by atoms with E-state index in [1.807, 2.05) is 25.1 Å². The molecule has 1 N–H and O–H groups in total. The van der Waals surface area contributed by atoms with Gasteiger partial charge in [0.15, 0.2) is 0 Å². The van der Waals surface area contributed by atoms with Gasteiger partial charge in [-0.1, -0.05) is 17.2 Å². The van der Waals surface area contributed by atoms with Gasteiger partial charge in [0.1, 0.15) is 17.2 Å². The maximum Gasteiger partial charge on any atom is 0.322 e. The first-order chi connectivity index (χ1) is 13.5. The van der Waals surface area contributed by atoms with Crippen LogP contribution in [0.5, 0.6) is 17.2 Å². The number of aromatic nitrogens is 2. The number of amides is 1. The first kappa shape index (κ1) is 19.2. The molecule has 0 aliphatic rings. The van der Waals surface area contributed by atoms with Gasteiger partial charge in [-0.05, 0) is 42.3 Å². The summed E-state index contributed by atoms with van der Waals surface area (Å²) in [4.78, 5) is 12.3. The van der Waals surface area contributed by atoms with Crippen molar-refractivity contribution in [1.82, 2.24) is 10.2 Å². The van der Waals surface area contributed by atoms with E-state index in [1.54, 1.807) is 39.5 Å². The molecule has 0 saturated carbocycles. The van der Waals surface area contributed by atoms with E-state index >= 15 is 0 Å². The molecule has 0 unspecified atom stereocenters. The molecule has 1 aromatic heterocycles. The summed E-state index contributed by atoms with van der Waals surface area (Å²) in [5.41, 5.74) is 2.38. The van der Waals surface area contributed by atoms with Crippen LogP contribution in [0.3, 0.4) is 0 Å². The van der Waals surface area contributed by atoms with Crippen molar-refractivity contribution >= 4 is 11.9 Å². The summed E-state index contributed by atoms with van der Waals surface area (Å²) in [5.74, 6) is 1.90. The van der Waals surface area contributed by atoms with Crippen molar-refractivity contribution in [3.05, 3.63) is 47.5 Å². The highest BCUT2D eigenvalue weighted by atomic mass is 16.5. The molecule has 2 aromatic carbocycles. The summed E-state index contributed by atoms with van der Waals surface area (Å²) < 4.78 is 21.3. The fourth-order valence-corrected chi connectivity index (χ4v) is 2.76. The normalized spacial score (nSPS) is 10.4. The predicted molar refractivity (Wildman–Crippen MR) is 103 cm³/mol. The minimum Gasteiger partial charge on any atom is -0.497 e. The Morgan fingerprint density at radius 1 is 1.00 bits per heavy atom. The second-order valence-electron chi connectivity index (χ2n) is 6.01. The molecule has 1 amide bonds. The largest absolute Gasteiger partial charge is 0.497 e. The zero-order valence-electron chi connectivity index (χ0n) is 16.1. The average Bonchev–Trinajstić information content (AvgIpc) is 3.15. The number of carbonyl (C=O) groups excluding carboxylic acids is 1. The highest BCUT2D eigenvalue weighted by Crippen LogP contribution is 2.33. The molecule has 3 aromatic rings. The van der Waals surface area contributed by atoms with Crippen LogP contribution in [-0.2, 0) is 11.2 Å². The quantitative estimate of drug-likeness (QED) is 0.669. The Morgan fingerprint density at radius 3 is 2.43 bits per heavy atom. The van der Waals surface area contributed by atoms with E-state index in [0.29, 0.717) is 17.1 Å². The minimum atomic E-state index is -0.266. The molecule has 0 aliphatic heterocycles. The molecule has 0 fully saturated rings. The van der Waals surface area contributed by atoms with Gasteiger partial charge in [0.2, 0.25) is 5.91 Å². The number of aryl methyl sites for hydroxylation is 1. The Hall–Kier alpha value is -3.55. The van der Waals surface area contributed by atoms with Gasteiger partial charge in [0.05, 0.1) is 33.3 Å². The summed E-state index contributed by atoms with van der Waals surface area (Å²) >= 11 is 0. The van der Waals surface area contributed by atoms with Gasteiger partial charge in [0, 0.05) is 0 Å². The number of benzene rings is 2. The lowest BCUT2D eigenvalue weighted by molar-refractivity contribution is -0.115. The van der Waals surface area contributed by atoms with Gasteiger partial charge in [0.25, 0.3) is 5.89 Å². The Bertz CT molecular complexity index is 984. The number of ether oxygens (including phenoxy) is 3. The molecule has 8 nitrogen and oxygen atoms in total. The summed E-state index contributed by atoms with van der Waals surface area (Å²) in [5, 5.41) is 10.5. The van der Waals surface area contributed by atoms with Crippen LogP contribution in [0.1, 0.15) is 11.1 Å². The third kappa shape index (κ3) is 4.22. The Morgan fingerprint density at radius 2 is 1.75 bits per heavy atom. The van der Waals surface area contributed by atoms with Crippen molar-refractivity contribution in [3.63, 3.8) is 0 Å². The third-order valence-corrected chi connectivity index (χ3v) is 4.13. The number of nitrogens with one attached hydrogen (secondary N) is 1. The Balaban J connectivity index is 1.72. The van der Waals surface area contributed by atoms with Crippen molar-refractivity contribution in [2.45, 2.75) is 13.3 Å². The second kappa shape index (κ2) is 8.43. The van der Waals surface area contributed by atoms with Crippen molar-refractivity contribution < 1.29 is 23.4 Å². The summed E-state index contributed by atoms with van der Waals surface area (Å²) in [6.45, 7) is 1.92. The van der Waals surface area contributed by atoms with E-state index in [1.165, 1.54) is 0 Å². The van der Waals surface area contributed by atoms with Crippen LogP contribution in [0.4, 0.5) is 6.01 Å². The molecule has 0 aliphatic carbocycles. The van der Waals surface area contributed by atoms with Crippen LogP contribution in [0, 0.1) is 6.92 Å². The number of nitrogens with zero attached hydrogens (tertiary/aromatic N) is 2. The molecular formula is C20H21N3O5. The van der Waals surface area contributed by atoms with Crippen LogP contribution in [0.2, 0.25) is 0 Å². The molecule has 0 radical (unpaired) electrons. The van der Waals surface area contributed by atoms with Gasteiger partial charge in [-0.2, -0.15) is 0 Å². The molecule has 0 spiro atoms. The van der Waals surface area contributed by atoms with Gasteiger partial charge in [-0.3, -0.25) is 10.1 Å². The molecular weight excluding hydrogens is 362 g/mol. The topological polar surface area (TPSA) is 95.7 Å². The fraction of sp³-hybridized carbons (Fsp3) is 0.250. The molecule has 0 saturated heterocycles. The monoisotopic (exact) mass is 383 g/mol. The van der Waals surface area contributed by atoms with E-state index in [-0.39, 0.29) is 24.2 Å². The zero-order chi connectivity index (χ0) is 20.1. The molecule has 8 heteroatoms. The number of hydrogen-bond acceptors (Lipinski definition) is 7. The smallest absolute Gasteiger partial charge is 0.322 e. The molecule has 1 heterocycles. The molecule has 28 heavy (non-hydrogen) atoms. The van der Waals surface area contributed by atoms with Crippen LogP contribution < -0.4 is 19.5 Å². The number of hydrogen-bond donors (Lipinski definition) is 1. The van der Waals surface area contributed by atoms with E-state index in [2.05, 4.69) is 15.5 Å². The standard InChI is InChI=1S/C20H21N3O5/c1-12-9-13(5-7-16(12)26-3)10-18(24)21-20-23-22-19(28-20)15-11-14(25-2)6-8-17(15)27-4/h5-9,11H,10H2,1-4H3,(H,21,23,24).